The molecule has 0 rings (SSSR count). The van der Waals surface area contributed by atoms with Crippen LogP contribution in [0.2, 0.25) is 0 Å². The third-order valence-corrected chi connectivity index (χ3v) is 1.43. The van der Waals surface area contributed by atoms with E-state index in [0.717, 1.165) is 6.08 Å². The van der Waals surface area contributed by atoms with Crippen LogP contribution in [0, 0.1) is 5.92 Å². The number of hydrogen-bond acceptors (Lipinski definition) is 4. The van der Waals surface area contributed by atoms with Crippen LogP contribution in [0.15, 0.2) is 11.8 Å². The maximum atomic E-state index is 11.0. The molecule has 0 aromatic carbocycles. The standard InChI is InChI=1S/C9H14O4/c1-4-13-9(12)7(3)8(11)5-6(2)10/h5,7,11H,4H2,1-3H3. The number of carbonyl (C=O) groups excluding carboxylic acids is 2. The highest BCUT2D eigenvalue weighted by molar-refractivity contribution is 5.88. The SMILES string of the molecule is CCOC(=O)C(C)C(O)=CC(C)=O. The summed E-state index contributed by atoms with van der Waals surface area (Å²) < 4.78 is 4.66. The maximum absolute atomic E-state index is 11.0. The van der Waals surface area contributed by atoms with Crippen molar-refractivity contribution in [1.82, 2.24) is 0 Å². The minimum atomic E-state index is -0.774. The monoisotopic (exact) mass is 186 g/mol. The molecule has 1 atom stereocenters. The zero-order chi connectivity index (χ0) is 10.4. The van der Waals surface area contributed by atoms with Crippen molar-refractivity contribution in [1.29, 1.82) is 0 Å². The minimum Gasteiger partial charge on any atom is -0.511 e. The largest absolute Gasteiger partial charge is 0.511 e. The van der Waals surface area contributed by atoms with Gasteiger partial charge in [0.1, 0.15) is 11.7 Å². The van der Waals surface area contributed by atoms with Crippen molar-refractivity contribution >= 4 is 11.8 Å². The first-order chi connectivity index (χ1) is 5.99. The molecule has 74 valence electrons. The molecule has 0 aromatic heterocycles. The second-order valence-electron chi connectivity index (χ2n) is 2.65. The molecule has 0 amide bonds. The van der Waals surface area contributed by atoms with Gasteiger partial charge in [0.25, 0.3) is 0 Å². The Morgan fingerprint density at radius 3 is 2.46 bits per heavy atom. The summed E-state index contributed by atoms with van der Waals surface area (Å²) in [6.45, 7) is 4.72. The fraction of sp³-hybridized carbons (Fsp3) is 0.556. The average Bonchev–Trinajstić information content (AvgIpc) is 2.02. The Labute approximate surface area is 77.2 Å². The fourth-order valence-electron chi connectivity index (χ4n) is 0.721. The van der Waals surface area contributed by atoms with Gasteiger partial charge in [-0.3, -0.25) is 9.59 Å². The third kappa shape index (κ3) is 4.30. The lowest BCUT2D eigenvalue weighted by atomic mass is 10.1. The lowest BCUT2D eigenvalue weighted by Crippen LogP contribution is -2.17. The van der Waals surface area contributed by atoms with Gasteiger partial charge < -0.3 is 9.84 Å². The van der Waals surface area contributed by atoms with Crippen molar-refractivity contribution in [2.75, 3.05) is 6.61 Å². The molecule has 0 bridgehead atoms. The van der Waals surface area contributed by atoms with Crippen LogP contribution >= 0.6 is 0 Å². The Kier molecular flexibility index (Phi) is 4.80. The Morgan fingerprint density at radius 2 is 2.08 bits per heavy atom. The first-order valence-corrected chi connectivity index (χ1v) is 4.06. The van der Waals surface area contributed by atoms with E-state index >= 15 is 0 Å². The summed E-state index contributed by atoms with van der Waals surface area (Å²) in [6, 6.07) is 0. The van der Waals surface area contributed by atoms with Crippen molar-refractivity contribution < 1.29 is 19.4 Å². The lowest BCUT2D eigenvalue weighted by Gasteiger charge is -2.08. The third-order valence-electron chi connectivity index (χ3n) is 1.43. The predicted octanol–water partition coefficient (Wildman–Crippen LogP) is 1.22. The summed E-state index contributed by atoms with van der Waals surface area (Å²) >= 11 is 0. The van der Waals surface area contributed by atoms with Gasteiger partial charge in [-0.25, -0.2) is 0 Å². The molecule has 0 aliphatic rings. The van der Waals surface area contributed by atoms with Gasteiger partial charge in [0.15, 0.2) is 5.78 Å². The maximum Gasteiger partial charge on any atom is 0.316 e. The molecule has 0 spiro atoms. The molecule has 0 fully saturated rings. The van der Waals surface area contributed by atoms with E-state index in [1.54, 1.807) is 6.92 Å². The second kappa shape index (κ2) is 5.35. The van der Waals surface area contributed by atoms with Gasteiger partial charge in [-0.15, -0.1) is 0 Å². The van der Waals surface area contributed by atoms with Crippen molar-refractivity contribution in [3.8, 4) is 0 Å². The summed E-state index contributed by atoms with van der Waals surface area (Å²) in [6.07, 6.45) is 1.02. The van der Waals surface area contributed by atoms with Crippen LogP contribution in [0.4, 0.5) is 0 Å². The number of rotatable bonds is 4. The molecule has 0 radical (unpaired) electrons. The number of allylic oxidation sites excluding steroid dienone is 1. The highest BCUT2D eigenvalue weighted by Crippen LogP contribution is 2.08. The molecule has 0 aromatic rings. The highest BCUT2D eigenvalue weighted by atomic mass is 16.5. The van der Waals surface area contributed by atoms with Crippen molar-refractivity contribution in [2.45, 2.75) is 20.8 Å². The van der Waals surface area contributed by atoms with Crippen LogP contribution < -0.4 is 0 Å². The van der Waals surface area contributed by atoms with Crippen molar-refractivity contribution in [3.05, 3.63) is 11.8 Å². The van der Waals surface area contributed by atoms with Crippen LogP contribution in [0.25, 0.3) is 0 Å². The number of ketones is 1. The van der Waals surface area contributed by atoms with E-state index < -0.39 is 11.9 Å². The van der Waals surface area contributed by atoms with Crippen molar-refractivity contribution in [3.63, 3.8) is 0 Å². The molecule has 0 aliphatic heterocycles. The average molecular weight is 186 g/mol. The van der Waals surface area contributed by atoms with Gasteiger partial charge in [0.2, 0.25) is 0 Å². The number of aliphatic hydroxyl groups is 1. The number of aliphatic hydroxyl groups excluding tert-OH is 1. The Bertz CT molecular complexity index is 230. The Balaban J connectivity index is 4.32. The minimum absolute atomic E-state index is 0.258. The number of carbonyl (C=O) groups is 2. The van der Waals surface area contributed by atoms with Crippen LogP contribution in [0.3, 0.4) is 0 Å². The summed E-state index contributed by atoms with van der Waals surface area (Å²) in [7, 11) is 0. The zero-order valence-electron chi connectivity index (χ0n) is 8.03. The quantitative estimate of drug-likeness (QED) is 0.407. The van der Waals surface area contributed by atoms with Gasteiger partial charge in [-0.2, -0.15) is 0 Å². The normalized spacial score (nSPS) is 13.6. The topological polar surface area (TPSA) is 63.6 Å². The summed E-state index contributed by atoms with van der Waals surface area (Å²) in [5, 5.41) is 9.22. The molecule has 0 heterocycles. The fourth-order valence-corrected chi connectivity index (χ4v) is 0.721. The summed E-state index contributed by atoms with van der Waals surface area (Å²) in [4.78, 5) is 21.6. The van der Waals surface area contributed by atoms with E-state index in [1.807, 2.05) is 0 Å². The molecule has 0 saturated carbocycles. The Morgan fingerprint density at radius 1 is 1.54 bits per heavy atom. The van der Waals surface area contributed by atoms with Gasteiger partial charge in [0, 0.05) is 6.08 Å². The van der Waals surface area contributed by atoms with E-state index in [-0.39, 0.29) is 18.1 Å². The number of ether oxygens (including phenoxy) is 1. The van der Waals surface area contributed by atoms with Crippen LogP contribution in [-0.2, 0) is 14.3 Å². The first kappa shape index (κ1) is 11.7. The molecule has 0 saturated heterocycles. The van der Waals surface area contributed by atoms with Gasteiger partial charge >= 0.3 is 5.97 Å². The lowest BCUT2D eigenvalue weighted by molar-refractivity contribution is -0.146. The summed E-state index contributed by atoms with van der Waals surface area (Å²) in [5.74, 6) is -1.86. The first-order valence-electron chi connectivity index (χ1n) is 4.06. The highest BCUT2D eigenvalue weighted by Gasteiger charge is 2.18. The van der Waals surface area contributed by atoms with E-state index in [0.29, 0.717) is 0 Å². The molecule has 4 heteroatoms. The van der Waals surface area contributed by atoms with E-state index in [1.165, 1.54) is 13.8 Å². The van der Waals surface area contributed by atoms with Gasteiger partial charge in [-0.1, -0.05) is 0 Å². The predicted molar refractivity (Wildman–Crippen MR) is 47.2 cm³/mol. The molecular formula is C9H14O4. The second-order valence-corrected chi connectivity index (χ2v) is 2.65. The van der Waals surface area contributed by atoms with Crippen molar-refractivity contribution in [2.24, 2.45) is 5.92 Å². The Hall–Kier alpha value is -1.32. The molecule has 4 nitrogen and oxygen atoms in total. The van der Waals surface area contributed by atoms with Gasteiger partial charge in [-0.05, 0) is 20.8 Å². The van der Waals surface area contributed by atoms with E-state index in [4.69, 9.17) is 0 Å². The van der Waals surface area contributed by atoms with Crippen LogP contribution in [0.1, 0.15) is 20.8 Å². The van der Waals surface area contributed by atoms with Crippen LogP contribution in [-0.4, -0.2) is 23.5 Å². The summed E-state index contributed by atoms with van der Waals surface area (Å²) in [5.41, 5.74) is 0. The molecule has 13 heavy (non-hydrogen) atoms. The smallest absolute Gasteiger partial charge is 0.316 e. The zero-order valence-corrected chi connectivity index (χ0v) is 8.03. The van der Waals surface area contributed by atoms with Gasteiger partial charge in [0.05, 0.1) is 6.61 Å². The number of hydrogen-bond donors (Lipinski definition) is 1. The molecule has 0 aliphatic carbocycles. The van der Waals surface area contributed by atoms with E-state index in [9.17, 15) is 14.7 Å². The van der Waals surface area contributed by atoms with Crippen LogP contribution in [0.5, 0.6) is 0 Å². The molecule has 1 N–H and O–H groups in total. The number of esters is 1. The molecule has 1 unspecified atom stereocenters. The molecular weight excluding hydrogens is 172 g/mol. The van der Waals surface area contributed by atoms with E-state index in [2.05, 4.69) is 4.74 Å².